The number of aromatic nitrogens is 3. The van der Waals surface area contributed by atoms with E-state index in [1.165, 1.54) is 11.8 Å². The molecule has 32 heavy (non-hydrogen) atoms. The fourth-order valence-corrected chi connectivity index (χ4v) is 3.89. The maximum Gasteiger partial charge on any atom is 0.321 e. The number of hydrogen-bond acceptors (Lipinski definition) is 7. The molecule has 1 aliphatic heterocycles. The summed E-state index contributed by atoms with van der Waals surface area (Å²) in [6.07, 6.45) is 0. The molecular weight excluding hydrogens is 430 g/mol. The van der Waals surface area contributed by atoms with E-state index in [0.29, 0.717) is 29.0 Å². The Morgan fingerprint density at radius 3 is 2.66 bits per heavy atom. The maximum atomic E-state index is 12.2. The second-order valence-electron chi connectivity index (χ2n) is 7.41. The number of hydrogen-bond donors (Lipinski definition) is 2. The van der Waals surface area contributed by atoms with Gasteiger partial charge < -0.3 is 14.8 Å². The SMILES string of the molecule is CC(C)NC(=O)NC(=O)CSc1nnc(-c2ccccc2)n1Cc1ccc2c(c1)OCO2. The van der Waals surface area contributed by atoms with Crippen molar-refractivity contribution in [3.63, 3.8) is 0 Å². The molecule has 0 aliphatic carbocycles. The van der Waals surface area contributed by atoms with Crippen molar-refractivity contribution in [3.05, 3.63) is 54.1 Å². The average molecular weight is 454 g/mol. The zero-order chi connectivity index (χ0) is 22.5. The van der Waals surface area contributed by atoms with E-state index in [2.05, 4.69) is 20.8 Å². The van der Waals surface area contributed by atoms with Crippen LogP contribution in [0, 0.1) is 0 Å². The van der Waals surface area contributed by atoms with Crippen LogP contribution < -0.4 is 20.1 Å². The molecule has 4 rings (SSSR count). The fraction of sp³-hybridized carbons (Fsp3) is 0.273. The molecule has 0 atom stereocenters. The number of carbonyl (C=O) groups is 2. The van der Waals surface area contributed by atoms with Gasteiger partial charge in [-0.1, -0.05) is 48.2 Å². The number of rotatable bonds is 7. The van der Waals surface area contributed by atoms with E-state index in [-0.39, 0.29) is 18.6 Å². The third-order valence-corrected chi connectivity index (χ3v) is 5.50. The second-order valence-corrected chi connectivity index (χ2v) is 8.35. The lowest BCUT2D eigenvalue weighted by Gasteiger charge is -2.11. The summed E-state index contributed by atoms with van der Waals surface area (Å²) in [6.45, 7) is 4.33. The normalized spacial score (nSPS) is 12.1. The Hall–Kier alpha value is -3.53. The van der Waals surface area contributed by atoms with Gasteiger partial charge in [-0.05, 0) is 31.5 Å². The van der Waals surface area contributed by atoms with Crippen molar-refractivity contribution in [3.8, 4) is 22.9 Å². The Labute approximate surface area is 189 Å². The van der Waals surface area contributed by atoms with Crippen LogP contribution in [0.4, 0.5) is 4.79 Å². The fourth-order valence-electron chi connectivity index (χ4n) is 3.15. The molecule has 0 unspecified atom stereocenters. The molecule has 166 valence electrons. The van der Waals surface area contributed by atoms with Crippen LogP contribution in [0.3, 0.4) is 0 Å². The molecule has 1 aliphatic rings. The van der Waals surface area contributed by atoms with Gasteiger partial charge >= 0.3 is 6.03 Å². The molecule has 2 heterocycles. The Balaban J connectivity index is 1.54. The van der Waals surface area contributed by atoms with Crippen molar-refractivity contribution in [1.82, 2.24) is 25.4 Å². The standard InChI is InChI=1S/C22H23N5O4S/c1-14(2)23-21(29)24-19(28)12-32-22-26-25-20(16-6-4-3-5-7-16)27(22)11-15-8-9-17-18(10-15)31-13-30-17/h3-10,14H,11-13H2,1-2H3,(H2,23,24,28,29). The first-order valence-electron chi connectivity index (χ1n) is 10.1. The Morgan fingerprint density at radius 2 is 1.88 bits per heavy atom. The smallest absolute Gasteiger partial charge is 0.321 e. The van der Waals surface area contributed by atoms with Gasteiger partial charge in [0.1, 0.15) is 0 Å². The molecule has 2 aromatic carbocycles. The van der Waals surface area contributed by atoms with Crippen LogP contribution in [0.15, 0.2) is 53.7 Å². The minimum absolute atomic E-state index is 0.0274. The number of amides is 3. The molecule has 10 heteroatoms. The summed E-state index contributed by atoms with van der Waals surface area (Å²) in [4.78, 5) is 24.0. The van der Waals surface area contributed by atoms with Crippen molar-refractivity contribution in [2.45, 2.75) is 31.6 Å². The molecule has 0 radical (unpaired) electrons. The summed E-state index contributed by atoms with van der Waals surface area (Å²) in [5.41, 5.74) is 1.89. The van der Waals surface area contributed by atoms with Crippen molar-refractivity contribution in [1.29, 1.82) is 0 Å². The number of ether oxygens (including phenoxy) is 2. The lowest BCUT2D eigenvalue weighted by atomic mass is 10.2. The van der Waals surface area contributed by atoms with E-state index < -0.39 is 11.9 Å². The van der Waals surface area contributed by atoms with Gasteiger partial charge in [-0.15, -0.1) is 10.2 Å². The van der Waals surface area contributed by atoms with Crippen LogP contribution in [0.2, 0.25) is 0 Å². The minimum atomic E-state index is -0.516. The average Bonchev–Trinajstić information content (AvgIpc) is 3.39. The Bertz CT molecular complexity index is 1120. The molecule has 0 bridgehead atoms. The molecule has 0 saturated heterocycles. The van der Waals surface area contributed by atoms with E-state index in [9.17, 15) is 9.59 Å². The summed E-state index contributed by atoms with van der Waals surface area (Å²) in [7, 11) is 0. The summed E-state index contributed by atoms with van der Waals surface area (Å²) >= 11 is 1.22. The van der Waals surface area contributed by atoms with Gasteiger partial charge in [0.05, 0.1) is 12.3 Å². The minimum Gasteiger partial charge on any atom is -0.454 e. The highest BCUT2D eigenvalue weighted by atomic mass is 32.2. The van der Waals surface area contributed by atoms with Crippen LogP contribution in [0.5, 0.6) is 11.5 Å². The van der Waals surface area contributed by atoms with E-state index in [1.807, 2.05) is 66.9 Å². The predicted octanol–water partition coefficient (Wildman–Crippen LogP) is 3.05. The zero-order valence-corrected chi connectivity index (χ0v) is 18.5. The Kier molecular flexibility index (Phi) is 6.60. The quantitative estimate of drug-likeness (QED) is 0.530. The van der Waals surface area contributed by atoms with Crippen LogP contribution >= 0.6 is 11.8 Å². The number of imide groups is 1. The van der Waals surface area contributed by atoms with Crippen LogP contribution in [0.1, 0.15) is 19.4 Å². The van der Waals surface area contributed by atoms with Gasteiger partial charge in [-0.2, -0.15) is 0 Å². The van der Waals surface area contributed by atoms with Crippen molar-refractivity contribution < 1.29 is 19.1 Å². The third-order valence-electron chi connectivity index (χ3n) is 4.53. The predicted molar refractivity (Wildman–Crippen MR) is 120 cm³/mol. The van der Waals surface area contributed by atoms with Crippen LogP contribution in [-0.4, -0.2) is 45.3 Å². The number of carbonyl (C=O) groups excluding carboxylic acids is 2. The summed E-state index contributed by atoms with van der Waals surface area (Å²) in [5.74, 6) is 1.71. The van der Waals surface area contributed by atoms with Gasteiger partial charge in [0.25, 0.3) is 0 Å². The highest BCUT2D eigenvalue weighted by molar-refractivity contribution is 7.99. The highest BCUT2D eigenvalue weighted by Gasteiger charge is 2.19. The van der Waals surface area contributed by atoms with Crippen molar-refractivity contribution >= 4 is 23.7 Å². The number of nitrogens with one attached hydrogen (secondary N) is 2. The number of nitrogens with zero attached hydrogens (tertiary/aromatic N) is 3. The van der Waals surface area contributed by atoms with Crippen LogP contribution in [-0.2, 0) is 11.3 Å². The third kappa shape index (κ3) is 5.20. The monoisotopic (exact) mass is 453 g/mol. The van der Waals surface area contributed by atoms with E-state index in [1.54, 1.807) is 0 Å². The highest BCUT2D eigenvalue weighted by Crippen LogP contribution is 2.33. The molecule has 0 fully saturated rings. The number of thioether (sulfide) groups is 1. The molecule has 2 N–H and O–H groups in total. The van der Waals surface area contributed by atoms with Gasteiger partial charge in [0, 0.05) is 11.6 Å². The van der Waals surface area contributed by atoms with Gasteiger partial charge in [-0.3, -0.25) is 14.7 Å². The van der Waals surface area contributed by atoms with Gasteiger partial charge in [0.15, 0.2) is 22.5 Å². The van der Waals surface area contributed by atoms with E-state index in [0.717, 1.165) is 11.1 Å². The van der Waals surface area contributed by atoms with E-state index in [4.69, 9.17) is 9.47 Å². The van der Waals surface area contributed by atoms with Gasteiger partial charge in [-0.25, -0.2) is 4.79 Å². The first-order chi connectivity index (χ1) is 15.5. The first-order valence-corrected chi connectivity index (χ1v) is 11.1. The molecule has 0 saturated carbocycles. The molecule has 3 aromatic rings. The zero-order valence-electron chi connectivity index (χ0n) is 17.7. The van der Waals surface area contributed by atoms with Gasteiger partial charge in [0.2, 0.25) is 12.7 Å². The lowest BCUT2D eigenvalue weighted by molar-refractivity contribution is -0.117. The topological polar surface area (TPSA) is 107 Å². The van der Waals surface area contributed by atoms with E-state index >= 15 is 0 Å². The molecule has 9 nitrogen and oxygen atoms in total. The molecular formula is C22H23N5O4S. The number of fused-ring (bicyclic) bond motifs is 1. The Morgan fingerprint density at radius 1 is 1.09 bits per heavy atom. The second kappa shape index (κ2) is 9.73. The number of benzene rings is 2. The first kappa shape index (κ1) is 21.7. The van der Waals surface area contributed by atoms with Crippen molar-refractivity contribution in [2.24, 2.45) is 0 Å². The summed E-state index contributed by atoms with van der Waals surface area (Å²) in [5, 5.41) is 14.2. The molecule has 0 spiro atoms. The van der Waals surface area contributed by atoms with Crippen LogP contribution in [0.25, 0.3) is 11.4 Å². The largest absolute Gasteiger partial charge is 0.454 e. The van der Waals surface area contributed by atoms with Crippen molar-refractivity contribution in [2.75, 3.05) is 12.5 Å². The summed E-state index contributed by atoms with van der Waals surface area (Å²) in [6, 6.07) is 14.9. The molecule has 3 amide bonds. The molecule has 1 aromatic heterocycles. The lowest BCUT2D eigenvalue weighted by Crippen LogP contribution is -2.43. The maximum absolute atomic E-state index is 12.2. The number of urea groups is 1. The summed E-state index contributed by atoms with van der Waals surface area (Å²) < 4.78 is 12.8.